The summed E-state index contributed by atoms with van der Waals surface area (Å²) in [7, 11) is 0. The van der Waals surface area contributed by atoms with Gasteiger partial charge in [-0.3, -0.25) is 4.79 Å². The molecule has 0 radical (unpaired) electrons. The minimum absolute atomic E-state index is 0.249. The van der Waals surface area contributed by atoms with Crippen molar-refractivity contribution in [3.05, 3.63) is 52.4 Å². The van der Waals surface area contributed by atoms with Gasteiger partial charge in [-0.1, -0.05) is 28.1 Å². The number of nitrogens with one attached hydrogen (secondary N) is 1. The Bertz CT molecular complexity index is 556. The van der Waals surface area contributed by atoms with E-state index in [4.69, 9.17) is 5.73 Å². The third-order valence-electron chi connectivity index (χ3n) is 2.25. The number of nitrogen functional groups attached to an aromatic ring is 1. The van der Waals surface area contributed by atoms with Crippen molar-refractivity contribution < 1.29 is 4.79 Å². The lowest BCUT2D eigenvalue weighted by Crippen LogP contribution is -2.24. The van der Waals surface area contributed by atoms with E-state index >= 15 is 0 Å². The van der Waals surface area contributed by atoms with Crippen LogP contribution in [0.4, 0.5) is 5.82 Å². The first kappa shape index (κ1) is 12.5. The van der Waals surface area contributed by atoms with Crippen LogP contribution < -0.4 is 11.1 Å². The Morgan fingerprint density at radius 2 is 2.17 bits per heavy atom. The SMILES string of the molecule is Nc1cnc(C(=O)NCc2cccc(Br)c2)cn1. The molecule has 0 saturated carbocycles. The van der Waals surface area contributed by atoms with E-state index in [1.165, 1.54) is 12.4 Å². The van der Waals surface area contributed by atoms with Crippen LogP contribution in [0.2, 0.25) is 0 Å². The predicted octanol–water partition coefficient (Wildman–Crippen LogP) is 1.75. The van der Waals surface area contributed by atoms with Crippen molar-refractivity contribution in [2.75, 3.05) is 5.73 Å². The van der Waals surface area contributed by atoms with Gasteiger partial charge in [0.1, 0.15) is 11.5 Å². The summed E-state index contributed by atoms with van der Waals surface area (Å²) in [4.78, 5) is 19.5. The number of carbonyl (C=O) groups is 1. The van der Waals surface area contributed by atoms with E-state index in [9.17, 15) is 4.79 Å². The highest BCUT2D eigenvalue weighted by molar-refractivity contribution is 9.10. The molecule has 0 aliphatic heterocycles. The molecule has 2 aromatic rings. The molecule has 0 atom stereocenters. The van der Waals surface area contributed by atoms with Gasteiger partial charge in [-0.2, -0.15) is 0 Å². The molecule has 0 bridgehead atoms. The number of nitrogens with zero attached hydrogens (tertiary/aromatic N) is 2. The number of halogens is 1. The highest BCUT2D eigenvalue weighted by Crippen LogP contribution is 2.11. The molecule has 92 valence electrons. The molecule has 0 aliphatic rings. The van der Waals surface area contributed by atoms with Gasteiger partial charge in [-0.25, -0.2) is 9.97 Å². The minimum atomic E-state index is -0.275. The van der Waals surface area contributed by atoms with Crippen molar-refractivity contribution in [3.8, 4) is 0 Å². The molecule has 5 nitrogen and oxygen atoms in total. The first-order chi connectivity index (χ1) is 8.65. The number of nitrogens with two attached hydrogens (primary N) is 1. The Morgan fingerprint density at radius 1 is 1.33 bits per heavy atom. The van der Waals surface area contributed by atoms with Gasteiger partial charge in [0, 0.05) is 11.0 Å². The highest BCUT2D eigenvalue weighted by Gasteiger charge is 2.07. The van der Waals surface area contributed by atoms with E-state index in [0.717, 1.165) is 10.0 Å². The van der Waals surface area contributed by atoms with Crippen LogP contribution in [0, 0.1) is 0 Å². The standard InChI is InChI=1S/C12H11BrN4O/c13-9-3-1-2-8(4-9)5-17-12(18)10-6-16-11(14)7-15-10/h1-4,6-7H,5H2,(H2,14,16)(H,17,18). The second kappa shape index (κ2) is 5.59. The molecule has 2 rings (SSSR count). The Balaban J connectivity index is 1.98. The lowest BCUT2D eigenvalue weighted by atomic mass is 10.2. The molecule has 0 unspecified atom stereocenters. The maximum Gasteiger partial charge on any atom is 0.271 e. The van der Waals surface area contributed by atoms with E-state index in [2.05, 4.69) is 31.2 Å². The number of benzene rings is 1. The summed E-state index contributed by atoms with van der Waals surface area (Å²) in [5.41, 5.74) is 6.65. The van der Waals surface area contributed by atoms with Crippen molar-refractivity contribution in [3.63, 3.8) is 0 Å². The summed E-state index contributed by atoms with van der Waals surface area (Å²) >= 11 is 3.37. The van der Waals surface area contributed by atoms with E-state index in [-0.39, 0.29) is 11.6 Å². The van der Waals surface area contributed by atoms with E-state index < -0.39 is 0 Å². The van der Waals surface area contributed by atoms with E-state index in [0.29, 0.717) is 12.4 Å². The summed E-state index contributed by atoms with van der Waals surface area (Å²) < 4.78 is 0.974. The van der Waals surface area contributed by atoms with E-state index in [1.807, 2.05) is 24.3 Å². The number of aromatic nitrogens is 2. The van der Waals surface area contributed by atoms with E-state index in [1.54, 1.807) is 0 Å². The lowest BCUT2D eigenvalue weighted by molar-refractivity contribution is 0.0945. The Morgan fingerprint density at radius 3 is 2.83 bits per heavy atom. The molecular weight excluding hydrogens is 296 g/mol. The van der Waals surface area contributed by atoms with Crippen LogP contribution in [0.5, 0.6) is 0 Å². The van der Waals surface area contributed by atoms with Gasteiger partial charge in [0.05, 0.1) is 12.4 Å². The summed E-state index contributed by atoms with van der Waals surface area (Å²) in [6.45, 7) is 0.435. The first-order valence-corrected chi connectivity index (χ1v) is 6.04. The zero-order valence-corrected chi connectivity index (χ0v) is 11.0. The van der Waals surface area contributed by atoms with Crippen LogP contribution in [0.15, 0.2) is 41.1 Å². The molecule has 0 aliphatic carbocycles. The van der Waals surface area contributed by atoms with Crippen LogP contribution in [-0.2, 0) is 6.54 Å². The number of hydrogen-bond donors (Lipinski definition) is 2. The van der Waals surface area contributed by atoms with Crippen molar-refractivity contribution >= 4 is 27.7 Å². The minimum Gasteiger partial charge on any atom is -0.382 e. The molecule has 6 heteroatoms. The molecule has 0 fully saturated rings. The Kier molecular flexibility index (Phi) is 3.88. The maximum atomic E-state index is 11.7. The highest BCUT2D eigenvalue weighted by atomic mass is 79.9. The molecule has 3 N–H and O–H groups in total. The maximum absolute atomic E-state index is 11.7. The molecule has 1 heterocycles. The second-order valence-electron chi connectivity index (χ2n) is 3.64. The zero-order valence-electron chi connectivity index (χ0n) is 9.43. The smallest absolute Gasteiger partial charge is 0.271 e. The topological polar surface area (TPSA) is 80.9 Å². The second-order valence-corrected chi connectivity index (χ2v) is 4.55. The third-order valence-corrected chi connectivity index (χ3v) is 2.74. The van der Waals surface area contributed by atoms with Crippen molar-refractivity contribution in [1.29, 1.82) is 0 Å². The van der Waals surface area contributed by atoms with Gasteiger partial charge < -0.3 is 11.1 Å². The van der Waals surface area contributed by atoms with Gasteiger partial charge >= 0.3 is 0 Å². The average Bonchev–Trinajstić information content (AvgIpc) is 2.37. The number of hydrogen-bond acceptors (Lipinski definition) is 4. The van der Waals surface area contributed by atoms with Gasteiger partial charge in [-0.05, 0) is 17.7 Å². The molecule has 1 amide bonds. The van der Waals surface area contributed by atoms with Gasteiger partial charge in [0.2, 0.25) is 0 Å². The summed E-state index contributed by atoms with van der Waals surface area (Å²) in [5, 5.41) is 2.76. The first-order valence-electron chi connectivity index (χ1n) is 5.25. The quantitative estimate of drug-likeness (QED) is 0.905. The molecular formula is C12H11BrN4O. The van der Waals surface area contributed by atoms with Gasteiger partial charge in [-0.15, -0.1) is 0 Å². The molecule has 18 heavy (non-hydrogen) atoms. The average molecular weight is 307 g/mol. The van der Waals surface area contributed by atoms with Crippen molar-refractivity contribution in [2.24, 2.45) is 0 Å². The van der Waals surface area contributed by atoms with Crippen molar-refractivity contribution in [1.82, 2.24) is 15.3 Å². The van der Waals surface area contributed by atoms with Crippen molar-refractivity contribution in [2.45, 2.75) is 6.54 Å². The molecule has 0 spiro atoms. The zero-order chi connectivity index (χ0) is 13.0. The Hall–Kier alpha value is -1.95. The van der Waals surface area contributed by atoms with Crippen LogP contribution in [0.3, 0.4) is 0 Å². The third kappa shape index (κ3) is 3.27. The number of anilines is 1. The van der Waals surface area contributed by atoms with Gasteiger partial charge in [0.25, 0.3) is 5.91 Å². The van der Waals surface area contributed by atoms with Gasteiger partial charge in [0.15, 0.2) is 0 Å². The largest absolute Gasteiger partial charge is 0.382 e. The fourth-order valence-electron chi connectivity index (χ4n) is 1.38. The number of rotatable bonds is 3. The molecule has 1 aromatic heterocycles. The fraction of sp³-hybridized carbons (Fsp3) is 0.0833. The lowest BCUT2D eigenvalue weighted by Gasteiger charge is -2.05. The van der Waals surface area contributed by atoms with Crippen LogP contribution in [0.1, 0.15) is 16.1 Å². The summed E-state index contributed by atoms with van der Waals surface area (Å²) in [5.74, 6) is 0.0148. The predicted molar refractivity (Wildman–Crippen MR) is 71.8 cm³/mol. The normalized spacial score (nSPS) is 10.1. The monoisotopic (exact) mass is 306 g/mol. The number of carbonyl (C=O) groups excluding carboxylic acids is 1. The summed E-state index contributed by atoms with van der Waals surface area (Å²) in [6.07, 6.45) is 2.71. The van der Waals surface area contributed by atoms with Crippen LogP contribution >= 0.6 is 15.9 Å². The summed E-state index contributed by atoms with van der Waals surface area (Å²) in [6, 6.07) is 7.71. The Labute approximate surface area is 113 Å². The van der Waals surface area contributed by atoms with Crippen LogP contribution in [-0.4, -0.2) is 15.9 Å². The number of amides is 1. The molecule has 0 saturated heterocycles. The fourth-order valence-corrected chi connectivity index (χ4v) is 1.82. The molecule has 1 aromatic carbocycles. The van der Waals surface area contributed by atoms with Crippen LogP contribution in [0.25, 0.3) is 0 Å².